The zero-order valence-electron chi connectivity index (χ0n) is 11.2. The summed E-state index contributed by atoms with van der Waals surface area (Å²) in [6.07, 6.45) is 0. The molecule has 20 heavy (non-hydrogen) atoms. The quantitative estimate of drug-likeness (QED) is 0.764. The summed E-state index contributed by atoms with van der Waals surface area (Å²) in [5.41, 5.74) is 11.5. The summed E-state index contributed by atoms with van der Waals surface area (Å²) in [6.45, 7) is 2.09. The number of hydrogen-bond donors (Lipinski definition) is 1. The topological polar surface area (TPSA) is 43.8 Å². The van der Waals surface area contributed by atoms with Gasteiger partial charge in [0.1, 0.15) is 11.5 Å². The number of hydrogen-bond acceptors (Lipinski definition) is 3. The van der Waals surface area contributed by atoms with Crippen LogP contribution >= 0.6 is 22.9 Å². The maximum atomic E-state index is 6.20. The lowest BCUT2D eigenvalue weighted by Crippen LogP contribution is -1.97. The molecule has 2 heterocycles. The number of halogens is 1. The van der Waals surface area contributed by atoms with E-state index in [9.17, 15) is 0 Å². The largest absolute Gasteiger partial charge is 0.383 e. The van der Waals surface area contributed by atoms with E-state index in [0.29, 0.717) is 10.8 Å². The second-order valence-corrected chi connectivity index (χ2v) is 5.89. The molecule has 0 amide bonds. The van der Waals surface area contributed by atoms with Crippen molar-refractivity contribution in [1.82, 2.24) is 9.78 Å². The zero-order chi connectivity index (χ0) is 14.3. The van der Waals surface area contributed by atoms with Crippen LogP contribution in [0, 0.1) is 6.92 Å². The Bertz CT molecular complexity index is 756. The first-order valence-electron chi connectivity index (χ1n) is 6.19. The SMILES string of the molecule is Cc1cscc1-c1nn(C)c(N)c1-c1ccc(Cl)cc1. The molecule has 0 aliphatic heterocycles. The minimum atomic E-state index is 0.660. The van der Waals surface area contributed by atoms with Gasteiger partial charge in [-0.25, -0.2) is 0 Å². The van der Waals surface area contributed by atoms with Gasteiger partial charge in [-0.3, -0.25) is 4.68 Å². The summed E-state index contributed by atoms with van der Waals surface area (Å²) in [5, 5.41) is 9.51. The summed E-state index contributed by atoms with van der Waals surface area (Å²) in [5.74, 6) is 0.660. The van der Waals surface area contributed by atoms with E-state index < -0.39 is 0 Å². The molecular weight excluding hydrogens is 290 g/mol. The van der Waals surface area contributed by atoms with Crippen molar-refractivity contribution in [3.05, 3.63) is 45.6 Å². The molecule has 0 fully saturated rings. The molecule has 0 saturated heterocycles. The molecule has 2 aromatic heterocycles. The highest BCUT2D eigenvalue weighted by atomic mass is 35.5. The van der Waals surface area contributed by atoms with Gasteiger partial charge in [0.25, 0.3) is 0 Å². The Balaban J connectivity index is 2.25. The van der Waals surface area contributed by atoms with Gasteiger partial charge in [0, 0.05) is 23.0 Å². The van der Waals surface area contributed by atoms with E-state index in [2.05, 4.69) is 22.8 Å². The molecule has 1 aromatic carbocycles. The number of benzene rings is 1. The van der Waals surface area contributed by atoms with Crippen molar-refractivity contribution >= 4 is 28.8 Å². The summed E-state index contributed by atoms with van der Waals surface area (Å²) >= 11 is 7.63. The average molecular weight is 304 g/mol. The lowest BCUT2D eigenvalue weighted by Gasteiger charge is -2.04. The van der Waals surface area contributed by atoms with Crippen LogP contribution in [-0.4, -0.2) is 9.78 Å². The third-order valence-corrected chi connectivity index (χ3v) is 4.45. The standard InChI is InChI=1S/C15H14ClN3S/c1-9-7-20-8-12(9)14-13(15(17)19(2)18-14)10-3-5-11(16)6-4-10/h3-8H,17H2,1-2H3. The molecule has 0 saturated carbocycles. The zero-order valence-corrected chi connectivity index (χ0v) is 12.8. The molecule has 0 unspecified atom stereocenters. The molecule has 3 aromatic rings. The molecule has 0 aliphatic carbocycles. The van der Waals surface area contributed by atoms with Crippen LogP contribution in [0.5, 0.6) is 0 Å². The van der Waals surface area contributed by atoms with Crippen molar-refractivity contribution in [2.75, 3.05) is 5.73 Å². The monoisotopic (exact) mass is 303 g/mol. The summed E-state index contributed by atoms with van der Waals surface area (Å²) in [6, 6.07) is 7.68. The molecule has 3 rings (SSSR count). The van der Waals surface area contributed by atoms with Crippen LogP contribution in [0.2, 0.25) is 5.02 Å². The predicted molar refractivity (Wildman–Crippen MR) is 86.1 cm³/mol. The molecule has 0 radical (unpaired) electrons. The fourth-order valence-electron chi connectivity index (χ4n) is 2.23. The van der Waals surface area contributed by atoms with Gasteiger partial charge < -0.3 is 5.73 Å². The second-order valence-electron chi connectivity index (χ2n) is 4.71. The fraction of sp³-hybridized carbons (Fsp3) is 0.133. The van der Waals surface area contributed by atoms with Crippen molar-refractivity contribution in [2.24, 2.45) is 7.05 Å². The van der Waals surface area contributed by atoms with Gasteiger partial charge in [-0.15, -0.1) is 0 Å². The van der Waals surface area contributed by atoms with Gasteiger partial charge in [0.05, 0.1) is 5.56 Å². The van der Waals surface area contributed by atoms with E-state index in [1.165, 1.54) is 5.56 Å². The van der Waals surface area contributed by atoms with E-state index in [0.717, 1.165) is 22.4 Å². The first kappa shape index (κ1) is 13.2. The lowest BCUT2D eigenvalue weighted by atomic mass is 10.0. The molecule has 0 atom stereocenters. The van der Waals surface area contributed by atoms with Gasteiger partial charge in [-0.05, 0) is 35.6 Å². The van der Waals surface area contributed by atoms with Crippen LogP contribution < -0.4 is 5.73 Å². The lowest BCUT2D eigenvalue weighted by molar-refractivity contribution is 0.782. The number of nitrogens with two attached hydrogens (primary N) is 1. The van der Waals surface area contributed by atoms with Crippen molar-refractivity contribution in [3.63, 3.8) is 0 Å². The number of thiophene rings is 1. The fourth-order valence-corrected chi connectivity index (χ4v) is 3.19. The van der Waals surface area contributed by atoms with Gasteiger partial charge >= 0.3 is 0 Å². The summed E-state index contributed by atoms with van der Waals surface area (Å²) in [7, 11) is 1.86. The molecule has 102 valence electrons. The van der Waals surface area contributed by atoms with Gasteiger partial charge in [0.2, 0.25) is 0 Å². The number of nitrogens with zero attached hydrogens (tertiary/aromatic N) is 2. The molecule has 0 aliphatic rings. The molecule has 3 nitrogen and oxygen atoms in total. The van der Waals surface area contributed by atoms with E-state index in [4.69, 9.17) is 17.3 Å². The third-order valence-electron chi connectivity index (χ3n) is 3.34. The highest BCUT2D eigenvalue weighted by Gasteiger charge is 2.18. The third kappa shape index (κ3) is 2.11. The molecule has 0 spiro atoms. The van der Waals surface area contributed by atoms with Crippen molar-refractivity contribution in [2.45, 2.75) is 6.92 Å². The van der Waals surface area contributed by atoms with Gasteiger partial charge in [0.15, 0.2) is 0 Å². The van der Waals surface area contributed by atoms with E-state index >= 15 is 0 Å². The Hall–Kier alpha value is -1.78. The number of aromatic nitrogens is 2. The minimum absolute atomic E-state index is 0.660. The Morgan fingerprint density at radius 3 is 2.50 bits per heavy atom. The van der Waals surface area contributed by atoms with Crippen LogP contribution in [-0.2, 0) is 7.05 Å². The number of nitrogen functional groups attached to an aromatic ring is 1. The van der Waals surface area contributed by atoms with Crippen LogP contribution in [0.1, 0.15) is 5.56 Å². The first-order valence-corrected chi connectivity index (χ1v) is 7.51. The number of anilines is 1. The second kappa shape index (κ2) is 4.96. The Morgan fingerprint density at radius 2 is 1.90 bits per heavy atom. The van der Waals surface area contributed by atoms with E-state index in [-0.39, 0.29) is 0 Å². The first-order chi connectivity index (χ1) is 9.58. The molecule has 2 N–H and O–H groups in total. The van der Waals surface area contributed by atoms with E-state index in [1.807, 2.05) is 31.3 Å². The Kier molecular flexibility index (Phi) is 3.28. The predicted octanol–water partition coefficient (Wildman–Crippen LogP) is 4.36. The smallest absolute Gasteiger partial charge is 0.129 e. The van der Waals surface area contributed by atoms with Crippen LogP contribution in [0.4, 0.5) is 5.82 Å². The Morgan fingerprint density at radius 1 is 1.20 bits per heavy atom. The number of aryl methyl sites for hydroxylation is 2. The minimum Gasteiger partial charge on any atom is -0.383 e. The maximum absolute atomic E-state index is 6.20. The Labute approximate surface area is 126 Å². The van der Waals surface area contributed by atoms with Gasteiger partial charge in [-0.1, -0.05) is 23.7 Å². The average Bonchev–Trinajstić information content (AvgIpc) is 2.96. The normalized spacial score (nSPS) is 10.9. The van der Waals surface area contributed by atoms with Crippen molar-refractivity contribution < 1.29 is 0 Å². The molecule has 0 bridgehead atoms. The van der Waals surface area contributed by atoms with E-state index in [1.54, 1.807) is 16.0 Å². The van der Waals surface area contributed by atoms with Crippen molar-refractivity contribution in [3.8, 4) is 22.4 Å². The van der Waals surface area contributed by atoms with Crippen LogP contribution in [0.15, 0.2) is 35.0 Å². The van der Waals surface area contributed by atoms with Crippen LogP contribution in [0.25, 0.3) is 22.4 Å². The highest BCUT2D eigenvalue weighted by Crippen LogP contribution is 2.38. The maximum Gasteiger partial charge on any atom is 0.129 e. The number of rotatable bonds is 2. The highest BCUT2D eigenvalue weighted by molar-refractivity contribution is 7.08. The molecular formula is C15H14ClN3S. The summed E-state index contributed by atoms with van der Waals surface area (Å²) in [4.78, 5) is 0. The molecule has 5 heteroatoms. The van der Waals surface area contributed by atoms with Crippen LogP contribution in [0.3, 0.4) is 0 Å². The van der Waals surface area contributed by atoms with Gasteiger partial charge in [-0.2, -0.15) is 16.4 Å². The van der Waals surface area contributed by atoms with Crippen molar-refractivity contribution in [1.29, 1.82) is 0 Å². The summed E-state index contributed by atoms with van der Waals surface area (Å²) < 4.78 is 1.72.